The Balaban J connectivity index is 1.58. The minimum absolute atomic E-state index is 0.0433. The third-order valence-electron chi connectivity index (χ3n) is 4.78. The van der Waals surface area contributed by atoms with E-state index < -0.39 is 6.61 Å². The molecule has 2 aromatic carbocycles. The zero-order valence-corrected chi connectivity index (χ0v) is 16.5. The van der Waals surface area contributed by atoms with Gasteiger partial charge in [-0.25, -0.2) is 0 Å². The monoisotopic (exact) mass is 402 g/mol. The molecule has 7 heteroatoms. The lowest BCUT2D eigenvalue weighted by molar-refractivity contribution is -0.126. The molecule has 0 aliphatic carbocycles. The van der Waals surface area contributed by atoms with Crippen LogP contribution < -0.4 is 14.4 Å². The van der Waals surface area contributed by atoms with E-state index in [0.29, 0.717) is 18.7 Å². The molecule has 0 unspecified atom stereocenters. The van der Waals surface area contributed by atoms with Crippen LogP contribution in [0.15, 0.2) is 48.5 Å². The van der Waals surface area contributed by atoms with Crippen LogP contribution >= 0.6 is 0 Å². The highest BCUT2D eigenvalue weighted by Gasteiger charge is 2.20. The average Bonchev–Trinajstić information content (AvgIpc) is 2.72. The number of nitrogens with zero attached hydrogens (tertiary/aromatic N) is 2. The molecule has 1 heterocycles. The first kappa shape index (κ1) is 20.6. The van der Waals surface area contributed by atoms with Crippen molar-refractivity contribution in [3.8, 4) is 11.5 Å². The Bertz CT molecular complexity index is 878. The van der Waals surface area contributed by atoms with Crippen LogP contribution in [0.25, 0.3) is 6.08 Å². The van der Waals surface area contributed by atoms with Crippen molar-refractivity contribution >= 4 is 17.7 Å². The summed E-state index contributed by atoms with van der Waals surface area (Å²) in [6, 6.07) is 12.9. The van der Waals surface area contributed by atoms with Gasteiger partial charge in [-0.05, 0) is 48.4 Å². The van der Waals surface area contributed by atoms with Crippen molar-refractivity contribution in [3.63, 3.8) is 0 Å². The van der Waals surface area contributed by atoms with Crippen LogP contribution in [0.5, 0.6) is 11.5 Å². The Kier molecular flexibility index (Phi) is 6.69. The summed E-state index contributed by atoms with van der Waals surface area (Å²) in [5, 5.41) is 0. The molecule has 0 spiro atoms. The molecule has 0 aromatic heterocycles. The van der Waals surface area contributed by atoms with Gasteiger partial charge in [0.2, 0.25) is 5.91 Å². The van der Waals surface area contributed by atoms with E-state index in [0.717, 1.165) is 13.1 Å². The third-order valence-corrected chi connectivity index (χ3v) is 4.78. The van der Waals surface area contributed by atoms with Crippen molar-refractivity contribution in [1.29, 1.82) is 0 Å². The van der Waals surface area contributed by atoms with E-state index >= 15 is 0 Å². The second kappa shape index (κ2) is 9.41. The van der Waals surface area contributed by atoms with Crippen molar-refractivity contribution in [1.82, 2.24) is 4.90 Å². The van der Waals surface area contributed by atoms with Crippen molar-refractivity contribution in [3.05, 3.63) is 59.7 Å². The standard InChI is InChI=1S/C22H24F2N2O3/c1-16-4-3-5-18(14-16)25-10-12-26(13-11-25)21(27)9-7-17-6-8-19(29-22(23)24)20(15-17)28-2/h3-9,14-15,22H,10-13H2,1-2H3/b9-7+. The molecule has 1 aliphatic heterocycles. The molecule has 0 saturated carbocycles. The van der Waals surface area contributed by atoms with E-state index in [-0.39, 0.29) is 17.4 Å². The molecule has 29 heavy (non-hydrogen) atoms. The number of rotatable bonds is 6. The lowest BCUT2D eigenvalue weighted by Gasteiger charge is -2.35. The molecule has 1 amide bonds. The van der Waals surface area contributed by atoms with Gasteiger partial charge in [-0.3, -0.25) is 4.79 Å². The van der Waals surface area contributed by atoms with Crippen molar-refractivity contribution in [2.24, 2.45) is 0 Å². The number of halogens is 2. The number of benzene rings is 2. The summed E-state index contributed by atoms with van der Waals surface area (Å²) in [7, 11) is 1.38. The zero-order chi connectivity index (χ0) is 20.8. The quantitative estimate of drug-likeness (QED) is 0.686. The van der Waals surface area contributed by atoms with Gasteiger partial charge in [-0.2, -0.15) is 8.78 Å². The van der Waals surface area contributed by atoms with Gasteiger partial charge in [0.25, 0.3) is 0 Å². The number of hydrogen-bond acceptors (Lipinski definition) is 4. The van der Waals surface area contributed by atoms with Gasteiger partial charge in [0.15, 0.2) is 11.5 Å². The molecule has 0 atom stereocenters. The minimum atomic E-state index is -2.93. The van der Waals surface area contributed by atoms with Crippen molar-refractivity contribution < 1.29 is 23.0 Å². The topological polar surface area (TPSA) is 42.0 Å². The van der Waals surface area contributed by atoms with Gasteiger partial charge in [-0.15, -0.1) is 0 Å². The summed E-state index contributed by atoms with van der Waals surface area (Å²) < 4.78 is 34.3. The summed E-state index contributed by atoms with van der Waals surface area (Å²) in [6.07, 6.45) is 3.13. The number of hydrogen-bond donors (Lipinski definition) is 0. The molecule has 0 radical (unpaired) electrons. The number of amides is 1. The molecular weight excluding hydrogens is 378 g/mol. The Labute approximate surface area is 169 Å². The van der Waals surface area contributed by atoms with E-state index in [1.54, 1.807) is 23.1 Å². The average molecular weight is 402 g/mol. The second-order valence-corrected chi connectivity index (χ2v) is 6.77. The van der Waals surface area contributed by atoms with Gasteiger partial charge in [0.05, 0.1) is 7.11 Å². The predicted molar refractivity (Wildman–Crippen MR) is 109 cm³/mol. The normalized spacial score (nSPS) is 14.5. The molecule has 0 N–H and O–H groups in total. The molecule has 5 nitrogen and oxygen atoms in total. The number of methoxy groups -OCH3 is 1. The van der Waals surface area contributed by atoms with Crippen LogP contribution in [0.3, 0.4) is 0 Å². The van der Waals surface area contributed by atoms with E-state index in [4.69, 9.17) is 4.74 Å². The molecule has 1 aliphatic rings. The van der Waals surface area contributed by atoms with E-state index in [2.05, 4.69) is 34.8 Å². The smallest absolute Gasteiger partial charge is 0.387 e. The van der Waals surface area contributed by atoms with Crippen LogP contribution in [0.1, 0.15) is 11.1 Å². The Morgan fingerprint density at radius 2 is 1.83 bits per heavy atom. The maximum absolute atomic E-state index is 12.5. The summed E-state index contributed by atoms with van der Waals surface area (Å²) in [4.78, 5) is 16.6. The summed E-state index contributed by atoms with van der Waals surface area (Å²) in [6.45, 7) is 1.97. The van der Waals surface area contributed by atoms with Gasteiger partial charge >= 0.3 is 6.61 Å². The summed E-state index contributed by atoms with van der Waals surface area (Å²) in [5.41, 5.74) is 3.05. The minimum Gasteiger partial charge on any atom is -0.493 e. The number of ether oxygens (including phenoxy) is 2. The third kappa shape index (κ3) is 5.47. The van der Waals surface area contributed by atoms with Crippen LogP contribution in [-0.4, -0.2) is 50.7 Å². The summed E-state index contributed by atoms with van der Waals surface area (Å²) in [5.74, 6) is 0.0608. The fraction of sp³-hybridized carbons (Fsp3) is 0.318. The first-order valence-electron chi connectivity index (χ1n) is 9.37. The van der Waals surface area contributed by atoms with E-state index in [1.807, 2.05) is 6.07 Å². The number of alkyl halides is 2. The molecule has 2 aromatic rings. The lowest BCUT2D eigenvalue weighted by Crippen LogP contribution is -2.48. The maximum atomic E-state index is 12.5. The fourth-order valence-electron chi connectivity index (χ4n) is 3.26. The van der Waals surface area contributed by atoms with Crippen LogP contribution in [0.4, 0.5) is 14.5 Å². The number of carbonyl (C=O) groups is 1. The lowest BCUT2D eigenvalue weighted by atomic mass is 10.1. The Morgan fingerprint density at radius 1 is 1.07 bits per heavy atom. The van der Waals surface area contributed by atoms with Gasteiger partial charge in [0, 0.05) is 37.9 Å². The van der Waals surface area contributed by atoms with E-state index in [1.165, 1.54) is 30.5 Å². The van der Waals surface area contributed by atoms with E-state index in [9.17, 15) is 13.6 Å². The fourth-order valence-corrected chi connectivity index (χ4v) is 3.26. The molecular formula is C22H24F2N2O3. The highest BCUT2D eigenvalue weighted by atomic mass is 19.3. The van der Waals surface area contributed by atoms with Gasteiger partial charge in [0.1, 0.15) is 0 Å². The van der Waals surface area contributed by atoms with Crippen LogP contribution in [0, 0.1) is 6.92 Å². The number of carbonyl (C=O) groups excluding carboxylic acids is 1. The number of anilines is 1. The Morgan fingerprint density at radius 3 is 2.48 bits per heavy atom. The van der Waals surface area contributed by atoms with Crippen LogP contribution in [0.2, 0.25) is 0 Å². The number of piperazine rings is 1. The van der Waals surface area contributed by atoms with Gasteiger partial charge < -0.3 is 19.3 Å². The highest BCUT2D eigenvalue weighted by molar-refractivity contribution is 5.92. The Hall–Kier alpha value is -3.09. The first-order chi connectivity index (χ1) is 14.0. The highest BCUT2D eigenvalue weighted by Crippen LogP contribution is 2.30. The maximum Gasteiger partial charge on any atom is 0.387 e. The largest absolute Gasteiger partial charge is 0.493 e. The number of aryl methyl sites for hydroxylation is 1. The summed E-state index contributed by atoms with van der Waals surface area (Å²) >= 11 is 0. The molecule has 154 valence electrons. The van der Waals surface area contributed by atoms with Crippen molar-refractivity contribution in [2.75, 3.05) is 38.2 Å². The van der Waals surface area contributed by atoms with Crippen LogP contribution in [-0.2, 0) is 4.79 Å². The molecule has 3 rings (SSSR count). The second-order valence-electron chi connectivity index (χ2n) is 6.77. The zero-order valence-electron chi connectivity index (χ0n) is 16.5. The predicted octanol–water partition coefficient (Wildman–Crippen LogP) is 3.97. The molecule has 1 fully saturated rings. The van der Waals surface area contributed by atoms with Crippen molar-refractivity contribution in [2.45, 2.75) is 13.5 Å². The SMILES string of the molecule is COc1cc(/C=C/C(=O)N2CCN(c3cccc(C)c3)CC2)ccc1OC(F)F. The van der Waals surface area contributed by atoms with Gasteiger partial charge in [-0.1, -0.05) is 18.2 Å². The molecule has 0 bridgehead atoms. The molecule has 1 saturated heterocycles. The first-order valence-corrected chi connectivity index (χ1v) is 9.37.